The fraction of sp³-hybridized carbons (Fsp3) is 0.440. The van der Waals surface area contributed by atoms with Gasteiger partial charge in [-0.15, -0.1) is 0 Å². The summed E-state index contributed by atoms with van der Waals surface area (Å²) in [6, 6.07) is 1.60. The molecule has 14 nitrogen and oxygen atoms in total. The molecule has 0 bridgehead atoms. The number of hydrogen-bond donors (Lipinski definition) is 8. The van der Waals surface area contributed by atoms with Crippen molar-refractivity contribution in [1.82, 2.24) is 20.9 Å². The van der Waals surface area contributed by atoms with Gasteiger partial charge in [0.15, 0.2) is 0 Å². The van der Waals surface area contributed by atoms with Crippen LogP contribution in [0.15, 0.2) is 30.5 Å². The molecule has 212 valence electrons. The molecular formula is C25H34N6O8. The van der Waals surface area contributed by atoms with Gasteiger partial charge in [-0.1, -0.05) is 38.5 Å². The summed E-state index contributed by atoms with van der Waals surface area (Å²) < 4.78 is 0. The van der Waals surface area contributed by atoms with Crippen LogP contribution in [0.25, 0.3) is 10.9 Å². The maximum absolute atomic E-state index is 13.1. The number of aliphatic carboxylic acids is 2. The molecule has 1 heterocycles. The molecule has 1 aromatic heterocycles. The Morgan fingerprint density at radius 3 is 2.15 bits per heavy atom. The first-order chi connectivity index (χ1) is 18.3. The number of carbonyl (C=O) groups excluding carboxylic acids is 4. The van der Waals surface area contributed by atoms with E-state index in [-0.39, 0.29) is 6.42 Å². The fourth-order valence-electron chi connectivity index (χ4n) is 3.91. The van der Waals surface area contributed by atoms with E-state index in [1.807, 2.05) is 12.1 Å². The molecule has 0 fully saturated rings. The number of H-pyrrole nitrogens is 1. The molecule has 5 unspecified atom stereocenters. The summed E-state index contributed by atoms with van der Waals surface area (Å²) in [4.78, 5) is 76.1. The number of para-hydroxylation sites is 1. The Hall–Kier alpha value is -4.46. The van der Waals surface area contributed by atoms with Crippen molar-refractivity contribution in [2.45, 2.75) is 63.7 Å². The minimum atomic E-state index is -1.55. The monoisotopic (exact) mass is 546 g/mol. The van der Waals surface area contributed by atoms with Crippen molar-refractivity contribution in [1.29, 1.82) is 0 Å². The Kier molecular flexibility index (Phi) is 11.0. The Bertz CT molecular complexity index is 1230. The molecule has 10 N–H and O–H groups in total. The first-order valence-electron chi connectivity index (χ1n) is 12.3. The molecule has 1 aromatic carbocycles. The average Bonchev–Trinajstić information content (AvgIpc) is 3.27. The molecule has 0 aliphatic carbocycles. The maximum atomic E-state index is 13.1. The van der Waals surface area contributed by atoms with Crippen molar-refractivity contribution in [3.05, 3.63) is 36.0 Å². The van der Waals surface area contributed by atoms with Crippen LogP contribution in [0.3, 0.4) is 0 Å². The highest BCUT2D eigenvalue weighted by Crippen LogP contribution is 2.19. The van der Waals surface area contributed by atoms with Crippen LogP contribution in [-0.4, -0.2) is 74.9 Å². The summed E-state index contributed by atoms with van der Waals surface area (Å²) in [5.41, 5.74) is 12.3. The van der Waals surface area contributed by atoms with Crippen molar-refractivity contribution in [3.63, 3.8) is 0 Å². The van der Waals surface area contributed by atoms with E-state index in [2.05, 4.69) is 20.9 Å². The van der Waals surface area contributed by atoms with Gasteiger partial charge < -0.3 is 42.6 Å². The number of benzene rings is 1. The lowest BCUT2D eigenvalue weighted by Crippen LogP contribution is -2.59. The van der Waals surface area contributed by atoms with Crippen LogP contribution in [0.2, 0.25) is 0 Å². The van der Waals surface area contributed by atoms with Crippen LogP contribution < -0.4 is 27.4 Å². The Morgan fingerprint density at radius 2 is 1.56 bits per heavy atom. The van der Waals surface area contributed by atoms with Crippen LogP contribution in [0.1, 0.15) is 38.7 Å². The molecule has 2 aromatic rings. The summed E-state index contributed by atoms with van der Waals surface area (Å²) in [5.74, 6) is -6.77. The first kappa shape index (κ1) is 30.8. The van der Waals surface area contributed by atoms with Gasteiger partial charge in [0.05, 0.1) is 18.9 Å². The minimum Gasteiger partial charge on any atom is -0.481 e. The van der Waals surface area contributed by atoms with E-state index in [1.165, 1.54) is 0 Å². The smallest absolute Gasteiger partial charge is 0.326 e. The molecular weight excluding hydrogens is 512 g/mol. The number of carboxylic acids is 2. The van der Waals surface area contributed by atoms with Crippen LogP contribution in [-0.2, 0) is 35.2 Å². The molecule has 4 amide bonds. The second-order valence-corrected chi connectivity index (χ2v) is 9.27. The van der Waals surface area contributed by atoms with Crippen LogP contribution in [0, 0.1) is 5.92 Å². The number of carboxylic acid groups (broad SMARTS) is 2. The van der Waals surface area contributed by atoms with Crippen molar-refractivity contribution < 1.29 is 39.0 Å². The first-order valence-corrected chi connectivity index (χ1v) is 12.3. The highest BCUT2D eigenvalue weighted by atomic mass is 16.4. The largest absolute Gasteiger partial charge is 0.481 e. The molecule has 2 rings (SSSR count). The van der Waals surface area contributed by atoms with E-state index in [0.717, 1.165) is 10.9 Å². The number of amides is 4. The van der Waals surface area contributed by atoms with E-state index >= 15 is 0 Å². The quantitative estimate of drug-likeness (QED) is 0.136. The zero-order valence-electron chi connectivity index (χ0n) is 21.6. The number of aromatic amines is 1. The Labute approximate surface area is 223 Å². The molecule has 5 atom stereocenters. The number of aromatic nitrogens is 1. The highest BCUT2D eigenvalue weighted by Gasteiger charge is 2.33. The predicted octanol–water partition coefficient (Wildman–Crippen LogP) is -1.03. The Morgan fingerprint density at radius 1 is 0.923 bits per heavy atom. The van der Waals surface area contributed by atoms with Crippen LogP contribution in [0.4, 0.5) is 0 Å². The minimum absolute atomic E-state index is 0.0880. The molecule has 14 heteroatoms. The average molecular weight is 547 g/mol. The lowest BCUT2D eigenvalue weighted by molar-refractivity contribution is -0.142. The number of fused-ring (bicyclic) bond motifs is 1. The van der Waals surface area contributed by atoms with Crippen molar-refractivity contribution >= 4 is 46.5 Å². The van der Waals surface area contributed by atoms with Gasteiger partial charge in [0.1, 0.15) is 18.1 Å². The van der Waals surface area contributed by atoms with Crippen LogP contribution in [0.5, 0.6) is 0 Å². The van der Waals surface area contributed by atoms with E-state index in [9.17, 15) is 33.9 Å². The number of rotatable bonds is 15. The maximum Gasteiger partial charge on any atom is 0.326 e. The van der Waals surface area contributed by atoms with E-state index in [1.54, 1.807) is 32.2 Å². The summed E-state index contributed by atoms with van der Waals surface area (Å²) in [7, 11) is 0. The molecule has 0 aliphatic rings. The summed E-state index contributed by atoms with van der Waals surface area (Å²) in [6.07, 6.45) is 0.640. The van der Waals surface area contributed by atoms with Gasteiger partial charge in [-0.3, -0.25) is 24.0 Å². The number of hydrogen-bond acceptors (Lipinski definition) is 7. The van der Waals surface area contributed by atoms with Crippen molar-refractivity contribution in [2.75, 3.05) is 0 Å². The molecule has 0 radical (unpaired) electrons. The summed E-state index contributed by atoms with van der Waals surface area (Å²) in [5, 5.41) is 26.5. The predicted molar refractivity (Wildman–Crippen MR) is 139 cm³/mol. The lowest BCUT2D eigenvalue weighted by Gasteiger charge is -2.27. The van der Waals surface area contributed by atoms with Gasteiger partial charge in [-0.2, -0.15) is 0 Å². The zero-order valence-corrected chi connectivity index (χ0v) is 21.6. The summed E-state index contributed by atoms with van der Waals surface area (Å²) >= 11 is 0. The van der Waals surface area contributed by atoms with Gasteiger partial charge in [0.25, 0.3) is 0 Å². The normalized spacial score (nSPS) is 14.8. The van der Waals surface area contributed by atoms with Gasteiger partial charge in [0.2, 0.25) is 23.6 Å². The molecule has 39 heavy (non-hydrogen) atoms. The third-order valence-electron chi connectivity index (χ3n) is 6.28. The van der Waals surface area contributed by atoms with Gasteiger partial charge >= 0.3 is 11.9 Å². The standard InChI is InChI=1S/C25H34N6O8/c1-3-12(2)21(31-22(35)15(26)9-20(33)34)24(37)29-17(10-19(27)32)23(36)30-18(25(38)39)8-13-11-28-16-7-5-4-6-14(13)16/h4-7,11-12,15,17-18,21,28H,3,8-10,26H2,1-2H3,(H2,27,32)(H,29,37)(H,30,36)(H,31,35)(H,33,34)(H,38,39). The van der Waals surface area contributed by atoms with Crippen LogP contribution >= 0.6 is 0 Å². The van der Waals surface area contributed by atoms with E-state index < -0.39 is 78.5 Å². The highest BCUT2D eigenvalue weighted by molar-refractivity contribution is 5.96. The molecule has 0 spiro atoms. The second-order valence-electron chi connectivity index (χ2n) is 9.27. The molecule has 0 aliphatic heterocycles. The summed E-state index contributed by atoms with van der Waals surface area (Å²) in [6.45, 7) is 3.38. The number of nitrogens with two attached hydrogens (primary N) is 2. The third-order valence-corrected chi connectivity index (χ3v) is 6.28. The van der Waals surface area contributed by atoms with Gasteiger partial charge in [-0.25, -0.2) is 4.79 Å². The number of carbonyl (C=O) groups is 6. The zero-order chi connectivity index (χ0) is 29.3. The SMILES string of the molecule is CCC(C)C(NC(=O)C(N)CC(=O)O)C(=O)NC(CC(N)=O)C(=O)NC(Cc1c[nH]c2ccccc12)C(=O)O. The third kappa shape index (κ3) is 8.81. The lowest BCUT2D eigenvalue weighted by atomic mass is 9.97. The van der Waals surface area contributed by atoms with E-state index in [0.29, 0.717) is 12.0 Å². The second kappa shape index (κ2) is 13.9. The van der Waals surface area contributed by atoms with Crippen molar-refractivity contribution in [3.8, 4) is 0 Å². The fourth-order valence-corrected chi connectivity index (χ4v) is 3.91. The topological polar surface area (TPSA) is 247 Å². The number of primary amides is 1. The number of nitrogens with one attached hydrogen (secondary N) is 4. The van der Waals surface area contributed by atoms with Crippen molar-refractivity contribution in [2.24, 2.45) is 17.4 Å². The molecule has 0 saturated heterocycles. The Balaban J connectivity index is 2.20. The van der Waals surface area contributed by atoms with Gasteiger partial charge in [-0.05, 0) is 17.5 Å². The van der Waals surface area contributed by atoms with Gasteiger partial charge in [0, 0.05) is 23.5 Å². The van der Waals surface area contributed by atoms with E-state index in [4.69, 9.17) is 16.6 Å². The molecule has 0 saturated carbocycles.